The second-order valence-corrected chi connectivity index (χ2v) is 33.8. The van der Waals surface area contributed by atoms with Crippen molar-refractivity contribution in [3.8, 4) is 31.7 Å². The molecule has 3 amide bonds. The van der Waals surface area contributed by atoms with Gasteiger partial charge in [-0.2, -0.15) is 5.10 Å². The number of carbonyl (C=O) groups is 3. The predicted molar refractivity (Wildman–Crippen MR) is 433 cm³/mol. The Bertz CT molecular complexity index is 4780. The summed E-state index contributed by atoms with van der Waals surface area (Å²) in [6.07, 6.45) is 16.2. The Balaban J connectivity index is 0.000000139. The summed E-state index contributed by atoms with van der Waals surface area (Å²) in [4.78, 5) is 73.4. The molecule has 542 valence electrons. The second kappa shape index (κ2) is 35.0. The molecule has 104 heavy (non-hydrogen) atoms. The van der Waals surface area contributed by atoms with Crippen LogP contribution in [0.25, 0.3) is 62.4 Å². The Morgan fingerprint density at radius 2 is 0.894 bits per heavy atom. The van der Waals surface area contributed by atoms with E-state index in [-0.39, 0.29) is 23.8 Å². The van der Waals surface area contributed by atoms with E-state index in [1.807, 2.05) is 62.0 Å². The summed E-state index contributed by atoms with van der Waals surface area (Å²) in [7, 11) is 1.90. The number of aryl methyl sites for hydroxylation is 1. The number of aromatic nitrogens is 7. The molecule has 12 aromatic rings. The number of amides is 3. The van der Waals surface area contributed by atoms with Gasteiger partial charge in [-0.05, 0) is 163 Å². The third kappa shape index (κ3) is 18.5. The van der Waals surface area contributed by atoms with Crippen LogP contribution in [0.15, 0.2) is 134 Å². The molecule has 1 unspecified atom stereocenters. The lowest BCUT2D eigenvalue weighted by molar-refractivity contribution is -0.116. The van der Waals surface area contributed by atoms with Crippen LogP contribution in [0.4, 0.5) is 15.0 Å². The van der Waals surface area contributed by atoms with Crippen molar-refractivity contribution < 1.29 is 14.4 Å². The standard InChI is InChI=1S/2C27H31N5OS2.C25H30N6OS2/c1-17(2)32-15-11-20-23(16-32)35-27(25(20)26-30-21-6-4-5-7-22(21)34-26)31-24(33)10-14-29-18(3)19-8-12-28-13-9-19;1-18(2)32-15-11-20-23(17-32)35-27(25(20)26-30-21-7-3-4-8-22(21)34-26)31-24(33)10-14-28-13-9-19-6-5-12-29-16-19;1-16(2)31-11-9-18-21(15-31)34-25(23(18)24-28-19-6-4-5-7-20(19)33-24)29-22(32)8-10-26-12-17-13-27-30(3)14-17/h4-9,12-13,17-18,29H,10-11,14-16H2,1-3H3,(H,31,33);3-8,12,16,18,28H,9-11,13-15,17H2,1-2H3,(H,31,33);4-7,13-14,16,26H,8-12,15H2,1-3H3,(H,29,32). The first kappa shape index (κ1) is 74.4. The van der Waals surface area contributed by atoms with Gasteiger partial charge in [0.25, 0.3) is 0 Å². The molecule has 25 heteroatoms. The van der Waals surface area contributed by atoms with E-state index >= 15 is 0 Å². The van der Waals surface area contributed by atoms with Gasteiger partial charge in [0.2, 0.25) is 17.7 Å². The van der Waals surface area contributed by atoms with E-state index in [9.17, 15) is 14.4 Å². The minimum Gasteiger partial charge on any atom is -0.317 e. The quantitative estimate of drug-likeness (QED) is 0.0294. The number of carbonyl (C=O) groups excluding carboxylic acids is 3. The second-order valence-electron chi connectivity index (χ2n) is 27.4. The summed E-state index contributed by atoms with van der Waals surface area (Å²) >= 11 is 10.3. The third-order valence-electron chi connectivity index (χ3n) is 19.2. The van der Waals surface area contributed by atoms with Gasteiger partial charge in [-0.1, -0.05) is 42.5 Å². The molecule has 0 spiro atoms. The maximum absolute atomic E-state index is 13.0. The molecule has 12 heterocycles. The van der Waals surface area contributed by atoms with Crippen LogP contribution in [0.5, 0.6) is 0 Å². The number of pyridine rings is 2. The van der Waals surface area contributed by atoms with Crippen molar-refractivity contribution in [1.29, 1.82) is 0 Å². The number of nitrogens with one attached hydrogen (secondary N) is 6. The zero-order valence-electron chi connectivity index (χ0n) is 60.4. The first-order valence-electron chi connectivity index (χ1n) is 36.1. The number of rotatable bonds is 25. The minimum atomic E-state index is 0.0281. The number of thiazole rings is 3. The zero-order chi connectivity index (χ0) is 72.2. The maximum atomic E-state index is 13.0. The Morgan fingerprint density at radius 1 is 0.462 bits per heavy atom. The van der Waals surface area contributed by atoms with E-state index in [0.717, 1.165) is 140 Å². The SMILES string of the molecule is CC(C)N1CCc2c(sc(NC(=O)CCNCCc3cccnc3)c2-c2nc3ccccc3s2)C1.CC(C)N1CCc2c(sc(NC(=O)CCNCc3cnn(C)c3)c2-c2nc3ccccc3s2)C1.CC(NCCC(=O)Nc1sc2c(c1-c1nc3ccccc3s1)CCN(C(C)C)C2)c1ccncc1. The lowest BCUT2D eigenvalue weighted by Gasteiger charge is -2.30. The van der Waals surface area contributed by atoms with Gasteiger partial charge in [-0.3, -0.25) is 43.7 Å². The molecule has 3 aromatic carbocycles. The molecule has 6 N–H and O–H groups in total. The van der Waals surface area contributed by atoms with Crippen LogP contribution in [-0.4, -0.2) is 131 Å². The van der Waals surface area contributed by atoms with E-state index in [1.54, 1.807) is 91.3 Å². The average molecular weight is 1510 g/mol. The van der Waals surface area contributed by atoms with Crippen molar-refractivity contribution in [2.24, 2.45) is 7.05 Å². The summed E-state index contributed by atoms with van der Waals surface area (Å²) in [5.74, 6) is 0.0991. The summed E-state index contributed by atoms with van der Waals surface area (Å²) in [6, 6.07) is 34.5. The van der Waals surface area contributed by atoms with Gasteiger partial charge in [0.15, 0.2) is 0 Å². The van der Waals surface area contributed by atoms with Crippen molar-refractivity contribution in [1.82, 2.24) is 65.4 Å². The Kier molecular flexibility index (Phi) is 25.0. The average Bonchev–Trinajstić information content (AvgIpc) is 1.63. The van der Waals surface area contributed by atoms with Crippen LogP contribution in [0.1, 0.15) is 122 Å². The van der Waals surface area contributed by atoms with Crippen LogP contribution < -0.4 is 31.9 Å². The first-order valence-corrected chi connectivity index (χ1v) is 41.0. The van der Waals surface area contributed by atoms with Crippen molar-refractivity contribution >= 4 is 131 Å². The topological polar surface area (TPSA) is 215 Å². The molecule has 3 aliphatic rings. The highest BCUT2D eigenvalue weighted by Gasteiger charge is 2.32. The largest absolute Gasteiger partial charge is 0.317 e. The van der Waals surface area contributed by atoms with Gasteiger partial charge in [0, 0.05) is 184 Å². The minimum absolute atomic E-state index is 0.0281. The first-order chi connectivity index (χ1) is 50.5. The van der Waals surface area contributed by atoms with Crippen molar-refractivity contribution in [3.05, 3.63) is 182 Å². The highest BCUT2D eigenvalue weighted by atomic mass is 32.1. The monoisotopic (exact) mass is 1500 g/mol. The third-order valence-corrected chi connectivity index (χ3v) is 25.8. The van der Waals surface area contributed by atoms with E-state index in [2.05, 4.69) is 171 Å². The number of anilines is 3. The molecule has 0 radical (unpaired) electrons. The number of thiophene rings is 3. The zero-order valence-corrected chi connectivity index (χ0v) is 65.3. The van der Waals surface area contributed by atoms with Crippen LogP contribution in [0, 0.1) is 0 Å². The molecular weight excluding hydrogens is 1410 g/mol. The van der Waals surface area contributed by atoms with Crippen LogP contribution in [-0.2, 0) is 73.3 Å². The molecule has 1 atom stereocenters. The van der Waals surface area contributed by atoms with Gasteiger partial charge in [0.1, 0.15) is 30.0 Å². The van der Waals surface area contributed by atoms with Crippen LogP contribution in [0.2, 0.25) is 0 Å². The van der Waals surface area contributed by atoms with Gasteiger partial charge in [-0.15, -0.1) is 68.0 Å². The van der Waals surface area contributed by atoms with Gasteiger partial charge in [0.05, 0.1) is 36.8 Å². The lowest BCUT2D eigenvalue weighted by atomic mass is 10.0. The molecule has 0 fully saturated rings. The molecule has 3 aliphatic heterocycles. The molecule has 15 rings (SSSR count). The fraction of sp³-hybridized carbons (Fsp3) is 0.380. The highest BCUT2D eigenvalue weighted by molar-refractivity contribution is 7.24. The van der Waals surface area contributed by atoms with Gasteiger partial charge >= 0.3 is 0 Å². The molecule has 19 nitrogen and oxygen atoms in total. The summed E-state index contributed by atoms with van der Waals surface area (Å²) in [6.45, 7) is 24.9. The number of para-hydroxylation sites is 3. The smallest absolute Gasteiger partial charge is 0.226 e. The van der Waals surface area contributed by atoms with Crippen molar-refractivity contribution in [2.75, 3.05) is 61.8 Å². The van der Waals surface area contributed by atoms with E-state index in [1.165, 1.54) is 56.5 Å². The van der Waals surface area contributed by atoms with Gasteiger partial charge in [-0.25, -0.2) is 15.0 Å². The normalized spacial score (nSPS) is 14.3. The van der Waals surface area contributed by atoms with E-state index in [4.69, 9.17) is 15.0 Å². The highest BCUT2D eigenvalue weighted by Crippen LogP contribution is 2.49. The number of benzene rings is 3. The van der Waals surface area contributed by atoms with Crippen LogP contribution >= 0.6 is 68.0 Å². The molecule has 9 aromatic heterocycles. The number of hydrogen-bond acceptors (Lipinski definition) is 21. The molecule has 0 aliphatic carbocycles. The summed E-state index contributed by atoms with van der Waals surface area (Å²) in [5.41, 5.74) is 14.0. The fourth-order valence-electron chi connectivity index (χ4n) is 13.3. The number of fused-ring (bicyclic) bond motifs is 6. The Labute approximate surface area is 633 Å². The predicted octanol–water partition coefficient (Wildman–Crippen LogP) is 15.9. The van der Waals surface area contributed by atoms with E-state index in [0.29, 0.717) is 63.6 Å². The summed E-state index contributed by atoms with van der Waals surface area (Å²) in [5, 5.41) is 29.9. The Hall–Kier alpha value is -7.89. The van der Waals surface area contributed by atoms with Crippen molar-refractivity contribution in [2.45, 2.75) is 144 Å². The molecular formula is C79H92N16O3S6. The molecule has 0 saturated heterocycles. The summed E-state index contributed by atoms with van der Waals surface area (Å²) < 4.78 is 5.31. The maximum Gasteiger partial charge on any atom is 0.226 e. The number of nitrogens with zero attached hydrogens (tertiary/aromatic N) is 10. The molecule has 0 bridgehead atoms. The van der Waals surface area contributed by atoms with Crippen molar-refractivity contribution in [3.63, 3.8) is 0 Å². The lowest BCUT2D eigenvalue weighted by Crippen LogP contribution is -2.35. The van der Waals surface area contributed by atoms with Gasteiger partial charge < -0.3 is 31.9 Å². The molecule has 0 saturated carbocycles. The van der Waals surface area contributed by atoms with Crippen LogP contribution in [0.3, 0.4) is 0 Å². The fourth-order valence-corrected chi connectivity index (χ4v) is 20.5. The number of hydrogen-bond donors (Lipinski definition) is 6. The van der Waals surface area contributed by atoms with E-state index < -0.39 is 0 Å². The Morgan fingerprint density at radius 3 is 1.30 bits per heavy atom.